The Balaban J connectivity index is 5.14. The van der Waals surface area contributed by atoms with Crippen LogP contribution in [0.1, 0.15) is 27.7 Å². The second kappa shape index (κ2) is 5.66. The molecule has 1 amide bonds. The Hall–Kier alpha value is -0.350. The highest BCUT2D eigenvalue weighted by Crippen LogP contribution is 2.20. The molecule has 5 heteroatoms. The van der Waals surface area contributed by atoms with Gasteiger partial charge in [-0.25, -0.2) is 5.01 Å². The van der Waals surface area contributed by atoms with Crippen molar-refractivity contribution >= 4 is 40.2 Å². The van der Waals surface area contributed by atoms with Crippen molar-refractivity contribution in [2.75, 3.05) is 5.33 Å². The summed E-state index contributed by atoms with van der Waals surface area (Å²) in [6.07, 6.45) is 0. The summed E-state index contributed by atoms with van der Waals surface area (Å²) in [6.45, 7) is 10.7. The molecular weight excluding hydrogens is 279 g/mol. The lowest BCUT2D eigenvalue weighted by atomic mass is 10.1. The monoisotopic (exact) mass is 294 g/mol. The number of rotatable bonds is 3. The van der Waals surface area contributed by atoms with Gasteiger partial charge in [-0.15, -0.1) is 0 Å². The number of carbonyl (C=O) groups is 1. The van der Waals surface area contributed by atoms with Gasteiger partial charge in [-0.3, -0.25) is 4.79 Å². The fourth-order valence-electron chi connectivity index (χ4n) is 1.01. The van der Waals surface area contributed by atoms with Gasteiger partial charge in [0.1, 0.15) is 0 Å². The van der Waals surface area contributed by atoms with Crippen LogP contribution in [0.5, 0.6) is 0 Å². The van der Waals surface area contributed by atoms with Crippen molar-refractivity contribution in [3.8, 4) is 0 Å². The number of halogens is 2. The zero-order valence-corrected chi connectivity index (χ0v) is 11.8. The Morgan fingerprint density at radius 1 is 1.53 bits per heavy atom. The molecule has 86 valence electrons. The maximum Gasteiger partial charge on any atom is 0.272 e. The molecule has 0 aliphatic carbocycles. The van der Waals surface area contributed by atoms with E-state index in [1.165, 1.54) is 5.01 Å². The second-order valence-corrected chi connectivity index (χ2v) is 5.20. The summed E-state index contributed by atoms with van der Waals surface area (Å²) in [7, 11) is 0. The number of amides is 1. The first-order valence-corrected chi connectivity index (χ1v) is 5.98. The zero-order valence-electron chi connectivity index (χ0n) is 9.47. The van der Waals surface area contributed by atoms with E-state index in [9.17, 15) is 4.79 Å². The first-order valence-electron chi connectivity index (χ1n) is 4.48. The van der Waals surface area contributed by atoms with Crippen LogP contribution in [0.4, 0.5) is 0 Å². The van der Waals surface area contributed by atoms with Crippen LogP contribution >= 0.6 is 27.5 Å². The van der Waals surface area contributed by atoms with E-state index in [2.05, 4.69) is 27.7 Å². The molecule has 15 heavy (non-hydrogen) atoms. The second-order valence-electron chi connectivity index (χ2n) is 4.07. The summed E-state index contributed by atoms with van der Waals surface area (Å²) < 4.78 is 0. The van der Waals surface area contributed by atoms with Gasteiger partial charge in [0, 0.05) is 22.7 Å². The molecule has 0 rings (SSSR count). The predicted molar refractivity (Wildman–Crippen MR) is 68.5 cm³/mol. The lowest BCUT2D eigenvalue weighted by Crippen LogP contribution is -2.42. The van der Waals surface area contributed by atoms with E-state index in [0.717, 1.165) is 0 Å². The molecule has 3 nitrogen and oxygen atoms in total. The number of carbonyl (C=O) groups excluding carboxylic acids is 1. The SMILES string of the molecule is C=NN(C(=O)/C(CBr)=C(\C)Cl)C(C)(C)C. The van der Waals surface area contributed by atoms with Crippen molar-refractivity contribution in [2.24, 2.45) is 5.10 Å². The van der Waals surface area contributed by atoms with Crippen LogP contribution in [0.2, 0.25) is 0 Å². The summed E-state index contributed by atoms with van der Waals surface area (Å²) in [5, 5.41) is 5.93. The Labute approximate surface area is 104 Å². The van der Waals surface area contributed by atoms with Crippen molar-refractivity contribution in [3.05, 3.63) is 10.6 Å². The third-order valence-electron chi connectivity index (χ3n) is 1.78. The van der Waals surface area contributed by atoms with E-state index in [1.807, 2.05) is 20.8 Å². The van der Waals surface area contributed by atoms with Crippen LogP contribution in [0.3, 0.4) is 0 Å². The summed E-state index contributed by atoms with van der Waals surface area (Å²) in [6, 6.07) is 0. The number of nitrogens with zero attached hydrogens (tertiary/aromatic N) is 2. The number of hydrogen-bond donors (Lipinski definition) is 0. The van der Waals surface area contributed by atoms with Crippen molar-refractivity contribution in [2.45, 2.75) is 33.2 Å². The highest BCUT2D eigenvalue weighted by atomic mass is 79.9. The Morgan fingerprint density at radius 3 is 2.20 bits per heavy atom. The Morgan fingerprint density at radius 2 is 2.00 bits per heavy atom. The molecule has 0 radical (unpaired) electrons. The first kappa shape index (κ1) is 14.6. The number of hydrogen-bond acceptors (Lipinski definition) is 2. The van der Waals surface area contributed by atoms with Crippen LogP contribution in [-0.4, -0.2) is 28.5 Å². The molecule has 0 aromatic heterocycles. The Bertz CT molecular complexity index is 290. The lowest BCUT2D eigenvalue weighted by Gasteiger charge is -2.31. The van der Waals surface area contributed by atoms with E-state index in [1.54, 1.807) is 6.92 Å². The van der Waals surface area contributed by atoms with Crippen LogP contribution in [0, 0.1) is 0 Å². The molecule has 0 aromatic rings. The smallest absolute Gasteiger partial charge is 0.267 e. The fraction of sp³-hybridized carbons (Fsp3) is 0.600. The number of allylic oxidation sites excluding steroid dienone is 1. The van der Waals surface area contributed by atoms with Gasteiger partial charge in [0.15, 0.2) is 0 Å². The van der Waals surface area contributed by atoms with Gasteiger partial charge in [-0.2, -0.15) is 5.10 Å². The van der Waals surface area contributed by atoms with Crippen LogP contribution in [-0.2, 0) is 4.79 Å². The van der Waals surface area contributed by atoms with Gasteiger partial charge in [0.25, 0.3) is 5.91 Å². The predicted octanol–water partition coefficient (Wildman–Crippen LogP) is 3.14. The summed E-state index contributed by atoms with van der Waals surface area (Å²) in [4.78, 5) is 12.0. The molecule has 0 aliphatic rings. The minimum atomic E-state index is -0.404. The van der Waals surface area contributed by atoms with Crippen LogP contribution in [0.25, 0.3) is 0 Å². The number of hydrazone groups is 1. The van der Waals surface area contributed by atoms with Crippen LogP contribution < -0.4 is 0 Å². The topological polar surface area (TPSA) is 32.7 Å². The minimum absolute atomic E-state index is 0.220. The first-order chi connectivity index (χ1) is 6.75. The molecule has 0 aromatic carbocycles. The van der Waals surface area contributed by atoms with Crippen molar-refractivity contribution in [3.63, 3.8) is 0 Å². The van der Waals surface area contributed by atoms with Gasteiger partial charge in [0.05, 0.1) is 5.54 Å². The molecule has 0 N–H and O–H groups in total. The molecule has 0 unspecified atom stereocenters. The van der Waals surface area contributed by atoms with Gasteiger partial charge >= 0.3 is 0 Å². The van der Waals surface area contributed by atoms with E-state index in [-0.39, 0.29) is 5.91 Å². The average Bonchev–Trinajstić information content (AvgIpc) is 2.02. The minimum Gasteiger partial charge on any atom is -0.267 e. The molecule has 0 saturated heterocycles. The van der Waals surface area contributed by atoms with Gasteiger partial charge in [-0.05, 0) is 27.7 Å². The third kappa shape index (κ3) is 3.95. The van der Waals surface area contributed by atoms with Crippen molar-refractivity contribution in [1.29, 1.82) is 0 Å². The highest BCUT2D eigenvalue weighted by molar-refractivity contribution is 9.09. The van der Waals surface area contributed by atoms with Crippen LogP contribution in [0.15, 0.2) is 15.7 Å². The Kier molecular flexibility index (Phi) is 5.53. The van der Waals surface area contributed by atoms with E-state index in [4.69, 9.17) is 11.6 Å². The molecule has 0 spiro atoms. The fourth-order valence-corrected chi connectivity index (χ4v) is 1.97. The molecule has 0 bridgehead atoms. The number of alkyl halides is 1. The normalized spacial score (nSPS) is 13.2. The molecule has 0 fully saturated rings. The maximum atomic E-state index is 12.0. The van der Waals surface area contributed by atoms with Crippen molar-refractivity contribution < 1.29 is 4.79 Å². The summed E-state index contributed by atoms with van der Waals surface area (Å²) >= 11 is 9.06. The average molecular weight is 296 g/mol. The molecular formula is C10H16BrClN2O. The maximum absolute atomic E-state index is 12.0. The molecule has 0 heterocycles. The third-order valence-corrected chi connectivity index (χ3v) is 2.57. The molecule has 0 atom stereocenters. The van der Waals surface area contributed by atoms with Crippen molar-refractivity contribution in [1.82, 2.24) is 5.01 Å². The highest BCUT2D eigenvalue weighted by Gasteiger charge is 2.28. The molecule has 0 saturated carbocycles. The largest absolute Gasteiger partial charge is 0.272 e. The lowest BCUT2D eigenvalue weighted by molar-refractivity contribution is -0.131. The van der Waals surface area contributed by atoms with E-state index in [0.29, 0.717) is 15.9 Å². The van der Waals surface area contributed by atoms with E-state index >= 15 is 0 Å². The van der Waals surface area contributed by atoms with Gasteiger partial charge in [-0.1, -0.05) is 27.5 Å². The standard InChI is InChI=1S/C10H16BrClN2O/c1-7(12)8(6-11)9(15)14(13-5)10(2,3)4/h5-6H2,1-4H3/b8-7+. The molecule has 0 aliphatic heterocycles. The van der Waals surface area contributed by atoms with E-state index < -0.39 is 5.54 Å². The summed E-state index contributed by atoms with van der Waals surface area (Å²) in [5.41, 5.74) is 0.0949. The van der Waals surface area contributed by atoms with Gasteiger partial charge < -0.3 is 0 Å². The van der Waals surface area contributed by atoms with Gasteiger partial charge in [0.2, 0.25) is 0 Å². The zero-order chi connectivity index (χ0) is 12.2. The quantitative estimate of drug-likeness (QED) is 0.341. The summed E-state index contributed by atoms with van der Waals surface area (Å²) in [5.74, 6) is -0.220.